The number of rotatable bonds is 3. The summed E-state index contributed by atoms with van der Waals surface area (Å²) in [6.45, 7) is 9.86. The largest absolute Gasteiger partial charge is 0.464 e. The number of hydrogen-bond acceptors (Lipinski definition) is 2. The van der Waals surface area contributed by atoms with Crippen LogP contribution in [-0.4, -0.2) is 12.6 Å². The molecule has 0 spiro atoms. The maximum Gasteiger partial charge on any atom is 0.293 e. The van der Waals surface area contributed by atoms with Crippen molar-refractivity contribution >= 4 is 6.47 Å². The molecule has 15 heavy (non-hydrogen) atoms. The van der Waals surface area contributed by atoms with Gasteiger partial charge in [-0.05, 0) is 36.5 Å². The van der Waals surface area contributed by atoms with Crippen molar-refractivity contribution in [3.05, 3.63) is 0 Å². The van der Waals surface area contributed by atoms with Crippen LogP contribution < -0.4 is 0 Å². The van der Waals surface area contributed by atoms with Crippen LogP contribution in [0.4, 0.5) is 0 Å². The highest BCUT2D eigenvalue weighted by Gasteiger charge is 2.66. The monoisotopic (exact) mass is 210 g/mol. The molecule has 0 aromatic heterocycles. The Morgan fingerprint density at radius 1 is 1.40 bits per heavy atom. The maximum absolute atomic E-state index is 10.6. The Morgan fingerprint density at radius 2 is 2.07 bits per heavy atom. The molecule has 2 nitrogen and oxygen atoms in total. The average molecular weight is 210 g/mol. The second kappa shape index (κ2) is 3.23. The zero-order chi connectivity index (χ0) is 11.3. The van der Waals surface area contributed by atoms with E-state index < -0.39 is 0 Å². The first-order valence-corrected chi connectivity index (χ1v) is 6.08. The zero-order valence-corrected chi connectivity index (χ0v) is 10.2. The lowest BCUT2D eigenvalue weighted by Gasteiger charge is -2.38. The van der Waals surface area contributed by atoms with E-state index in [4.69, 9.17) is 4.74 Å². The summed E-state index contributed by atoms with van der Waals surface area (Å²) in [5, 5.41) is 0. The Hall–Kier alpha value is -0.530. The molecule has 0 aromatic rings. The van der Waals surface area contributed by atoms with Gasteiger partial charge < -0.3 is 4.74 Å². The first kappa shape index (κ1) is 11.0. The lowest BCUT2D eigenvalue weighted by Crippen LogP contribution is -2.39. The summed E-state index contributed by atoms with van der Waals surface area (Å²) < 4.78 is 5.40. The normalized spacial score (nSPS) is 46.8. The van der Waals surface area contributed by atoms with Crippen LogP contribution in [0.3, 0.4) is 0 Å². The van der Waals surface area contributed by atoms with Gasteiger partial charge in [0, 0.05) is 5.41 Å². The van der Waals surface area contributed by atoms with Gasteiger partial charge >= 0.3 is 0 Å². The van der Waals surface area contributed by atoms with Gasteiger partial charge in [0.1, 0.15) is 6.10 Å². The standard InChI is InChI=1S/C13H22O2/c1-5-9-10-6-7-13(4,12(10,2)3)11(9)15-8-14/h8-11H,5-7H2,1-4H3. The molecule has 0 N–H and O–H groups in total. The Labute approximate surface area is 92.4 Å². The van der Waals surface area contributed by atoms with E-state index in [0.717, 1.165) is 12.3 Å². The minimum absolute atomic E-state index is 0.147. The van der Waals surface area contributed by atoms with E-state index in [9.17, 15) is 4.79 Å². The molecular weight excluding hydrogens is 188 g/mol. The topological polar surface area (TPSA) is 26.3 Å². The maximum atomic E-state index is 10.6. The first-order chi connectivity index (χ1) is 6.99. The van der Waals surface area contributed by atoms with Crippen LogP contribution in [0.15, 0.2) is 0 Å². The minimum Gasteiger partial charge on any atom is -0.464 e. The Balaban J connectivity index is 2.36. The van der Waals surface area contributed by atoms with Crippen LogP contribution >= 0.6 is 0 Å². The highest BCUT2D eigenvalue weighted by atomic mass is 16.5. The molecule has 0 aliphatic heterocycles. The third-order valence-corrected chi connectivity index (χ3v) is 5.58. The second-order valence-electron chi connectivity index (χ2n) is 6.01. The highest BCUT2D eigenvalue weighted by molar-refractivity contribution is 5.38. The molecule has 86 valence electrons. The summed E-state index contributed by atoms with van der Waals surface area (Å²) in [4.78, 5) is 10.6. The predicted molar refractivity (Wildman–Crippen MR) is 59.3 cm³/mol. The van der Waals surface area contributed by atoms with Crippen molar-refractivity contribution in [3.8, 4) is 0 Å². The molecule has 2 aliphatic carbocycles. The fraction of sp³-hybridized carbons (Fsp3) is 0.923. The number of carbonyl (C=O) groups is 1. The van der Waals surface area contributed by atoms with Crippen LogP contribution in [0, 0.1) is 22.7 Å². The average Bonchev–Trinajstić information content (AvgIpc) is 2.49. The Morgan fingerprint density at radius 3 is 2.60 bits per heavy atom. The molecule has 2 rings (SSSR count). The molecule has 0 amide bonds. The van der Waals surface area contributed by atoms with Gasteiger partial charge in [-0.25, -0.2) is 0 Å². The van der Waals surface area contributed by atoms with Crippen LogP contribution in [0.5, 0.6) is 0 Å². The molecule has 4 atom stereocenters. The van der Waals surface area contributed by atoms with Gasteiger partial charge in [0.2, 0.25) is 0 Å². The Bertz CT molecular complexity index is 272. The number of carbonyl (C=O) groups excluding carboxylic acids is 1. The molecule has 2 fully saturated rings. The predicted octanol–water partition coefficient (Wildman–Crippen LogP) is 3.01. The third-order valence-electron chi connectivity index (χ3n) is 5.58. The zero-order valence-electron chi connectivity index (χ0n) is 10.2. The summed E-state index contributed by atoms with van der Waals surface area (Å²) in [6, 6.07) is 0. The van der Waals surface area contributed by atoms with Crippen molar-refractivity contribution in [1.82, 2.24) is 0 Å². The van der Waals surface area contributed by atoms with Crippen molar-refractivity contribution in [1.29, 1.82) is 0 Å². The summed E-state index contributed by atoms with van der Waals surface area (Å²) in [6.07, 6.45) is 3.79. The van der Waals surface area contributed by atoms with Gasteiger partial charge in [-0.15, -0.1) is 0 Å². The van der Waals surface area contributed by atoms with Gasteiger partial charge in [-0.3, -0.25) is 4.79 Å². The van der Waals surface area contributed by atoms with Crippen molar-refractivity contribution in [3.63, 3.8) is 0 Å². The van der Waals surface area contributed by atoms with Gasteiger partial charge in [0.05, 0.1) is 0 Å². The van der Waals surface area contributed by atoms with Crippen LogP contribution in [0.1, 0.15) is 47.0 Å². The van der Waals surface area contributed by atoms with Gasteiger partial charge in [-0.1, -0.05) is 27.7 Å². The van der Waals surface area contributed by atoms with Crippen molar-refractivity contribution in [2.45, 2.75) is 53.1 Å². The molecule has 0 radical (unpaired) electrons. The van der Waals surface area contributed by atoms with Crippen molar-refractivity contribution in [2.24, 2.45) is 22.7 Å². The molecule has 2 bridgehead atoms. The van der Waals surface area contributed by atoms with Crippen LogP contribution in [-0.2, 0) is 9.53 Å². The molecule has 4 unspecified atom stereocenters. The summed E-state index contributed by atoms with van der Waals surface area (Å²) >= 11 is 0. The highest BCUT2D eigenvalue weighted by Crippen LogP contribution is 2.68. The molecule has 2 saturated carbocycles. The van der Waals surface area contributed by atoms with E-state index in [0.29, 0.717) is 17.8 Å². The van der Waals surface area contributed by atoms with Crippen molar-refractivity contribution in [2.75, 3.05) is 0 Å². The smallest absolute Gasteiger partial charge is 0.293 e. The lowest BCUT2D eigenvalue weighted by atomic mass is 9.70. The number of ether oxygens (including phenoxy) is 1. The second-order valence-corrected chi connectivity index (χ2v) is 6.01. The number of fused-ring (bicyclic) bond motifs is 2. The quantitative estimate of drug-likeness (QED) is 0.669. The summed E-state index contributed by atoms with van der Waals surface area (Å²) in [5.74, 6) is 1.31. The fourth-order valence-electron chi connectivity index (χ4n) is 4.31. The third kappa shape index (κ3) is 1.14. The minimum atomic E-state index is 0.147. The van der Waals surface area contributed by atoms with Gasteiger partial charge in [-0.2, -0.15) is 0 Å². The molecular formula is C13H22O2. The molecule has 0 aromatic carbocycles. The summed E-state index contributed by atoms with van der Waals surface area (Å²) in [5.41, 5.74) is 0.514. The molecule has 0 saturated heterocycles. The van der Waals surface area contributed by atoms with E-state index in [1.54, 1.807) is 0 Å². The van der Waals surface area contributed by atoms with Gasteiger partial charge in [0.25, 0.3) is 6.47 Å². The number of hydrogen-bond donors (Lipinski definition) is 0. The first-order valence-electron chi connectivity index (χ1n) is 6.08. The van der Waals surface area contributed by atoms with Gasteiger partial charge in [0.15, 0.2) is 0 Å². The summed E-state index contributed by atoms with van der Waals surface area (Å²) in [7, 11) is 0. The lowest BCUT2D eigenvalue weighted by molar-refractivity contribution is -0.144. The SMILES string of the molecule is CCC1C2CCC(C)(C1OC=O)C2(C)C. The van der Waals surface area contributed by atoms with Crippen molar-refractivity contribution < 1.29 is 9.53 Å². The van der Waals surface area contributed by atoms with E-state index in [-0.39, 0.29) is 11.5 Å². The van der Waals surface area contributed by atoms with E-state index >= 15 is 0 Å². The van der Waals surface area contributed by atoms with E-state index in [1.165, 1.54) is 12.8 Å². The van der Waals surface area contributed by atoms with E-state index in [2.05, 4.69) is 27.7 Å². The molecule has 0 heterocycles. The molecule has 2 heteroatoms. The Kier molecular flexibility index (Phi) is 2.36. The van der Waals surface area contributed by atoms with E-state index in [1.807, 2.05) is 0 Å². The molecule has 2 aliphatic rings. The van der Waals surface area contributed by atoms with Crippen LogP contribution in [0.25, 0.3) is 0 Å². The fourth-order valence-corrected chi connectivity index (χ4v) is 4.31. The van der Waals surface area contributed by atoms with Crippen LogP contribution in [0.2, 0.25) is 0 Å².